The second-order valence-corrected chi connectivity index (χ2v) is 6.78. The largest absolute Gasteiger partial charge is 0.309 e. The van der Waals surface area contributed by atoms with Gasteiger partial charge in [-0.15, -0.1) is 0 Å². The van der Waals surface area contributed by atoms with E-state index < -0.39 is 0 Å². The summed E-state index contributed by atoms with van der Waals surface area (Å²) in [6.45, 7) is 7.96. The summed E-state index contributed by atoms with van der Waals surface area (Å²) in [6.07, 6.45) is 5.54. The molecule has 2 nitrogen and oxygen atoms in total. The number of likely N-dealkylation sites (N-methyl/N-ethyl adjacent to an activating group) is 2. The molecule has 1 aliphatic rings. The van der Waals surface area contributed by atoms with E-state index in [9.17, 15) is 0 Å². The minimum atomic E-state index is 0.418. The molecule has 1 aliphatic carbocycles. The van der Waals surface area contributed by atoms with Gasteiger partial charge in [-0.25, -0.2) is 0 Å². The van der Waals surface area contributed by atoms with Gasteiger partial charge in [-0.2, -0.15) is 0 Å². The van der Waals surface area contributed by atoms with Crippen molar-refractivity contribution in [2.24, 2.45) is 5.92 Å². The molecule has 1 aromatic carbocycles. The van der Waals surface area contributed by atoms with Crippen molar-refractivity contribution in [2.45, 2.75) is 64.6 Å². The van der Waals surface area contributed by atoms with Crippen molar-refractivity contribution in [3.8, 4) is 0 Å². The van der Waals surface area contributed by atoms with Crippen LogP contribution in [0.5, 0.6) is 0 Å². The number of nitrogens with zero attached hydrogens (tertiary/aromatic N) is 1. The predicted octanol–water partition coefficient (Wildman–Crippen LogP) is 4.24. The zero-order valence-electron chi connectivity index (χ0n) is 14.2. The average molecular weight is 288 g/mol. The van der Waals surface area contributed by atoms with Gasteiger partial charge in [0.05, 0.1) is 0 Å². The van der Waals surface area contributed by atoms with Crippen LogP contribution < -0.4 is 5.32 Å². The maximum Gasteiger partial charge on any atom is 0.0480 e. The van der Waals surface area contributed by atoms with E-state index in [0.717, 1.165) is 12.6 Å². The van der Waals surface area contributed by atoms with Crippen LogP contribution in [0.1, 0.15) is 58.1 Å². The van der Waals surface area contributed by atoms with Crippen molar-refractivity contribution in [1.29, 1.82) is 0 Å². The lowest BCUT2D eigenvalue weighted by Gasteiger charge is -2.41. The maximum atomic E-state index is 3.74. The second-order valence-electron chi connectivity index (χ2n) is 6.78. The lowest BCUT2D eigenvalue weighted by atomic mass is 9.88. The van der Waals surface area contributed by atoms with Gasteiger partial charge in [0.2, 0.25) is 0 Å². The first-order valence-corrected chi connectivity index (χ1v) is 8.65. The number of rotatable bonds is 7. The molecule has 1 saturated carbocycles. The van der Waals surface area contributed by atoms with Crippen LogP contribution in [0, 0.1) is 5.92 Å². The van der Waals surface area contributed by atoms with Crippen LogP contribution >= 0.6 is 0 Å². The molecule has 2 rings (SSSR count). The molecule has 1 aromatic rings. The van der Waals surface area contributed by atoms with E-state index in [-0.39, 0.29) is 0 Å². The highest BCUT2D eigenvalue weighted by Gasteiger charge is 2.33. The normalized spacial score (nSPS) is 19.3. The Morgan fingerprint density at radius 1 is 1.14 bits per heavy atom. The van der Waals surface area contributed by atoms with Crippen molar-refractivity contribution in [2.75, 3.05) is 13.6 Å². The van der Waals surface area contributed by atoms with Crippen molar-refractivity contribution < 1.29 is 0 Å². The third kappa shape index (κ3) is 4.08. The molecular formula is C19H32N2. The molecule has 0 radical (unpaired) electrons. The third-order valence-corrected chi connectivity index (χ3v) is 4.98. The van der Waals surface area contributed by atoms with E-state index in [1.54, 1.807) is 0 Å². The molecule has 0 bridgehead atoms. The summed E-state index contributed by atoms with van der Waals surface area (Å²) in [5.74, 6) is 0.639. The highest BCUT2D eigenvalue weighted by Crippen LogP contribution is 2.32. The second kappa shape index (κ2) is 7.95. The SMILES string of the molecule is CCNC(c1ccccc1)C(C(C)C)N(C)C1CCCC1. The van der Waals surface area contributed by atoms with E-state index in [4.69, 9.17) is 0 Å². The fourth-order valence-electron chi connectivity index (χ4n) is 3.96. The van der Waals surface area contributed by atoms with Gasteiger partial charge in [0.25, 0.3) is 0 Å². The van der Waals surface area contributed by atoms with Gasteiger partial charge < -0.3 is 5.32 Å². The highest BCUT2D eigenvalue weighted by molar-refractivity contribution is 5.21. The summed E-state index contributed by atoms with van der Waals surface area (Å²) in [7, 11) is 2.34. The van der Waals surface area contributed by atoms with E-state index in [1.807, 2.05) is 0 Å². The zero-order chi connectivity index (χ0) is 15.2. The molecule has 0 aliphatic heterocycles. The van der Waals surface area contributed by atoms with Crippen LogP contribution in [-0.2, 0) is 0 Å². The fraction of sp³-hybridized carbons (Fsp3) is 0.684. The first-order valence-electron chi connectivity index (χ1n) is 8.65. The monoisotopic (exact) mass is 288 g/mol. The van der Waals surface area contributed by atoms with Crippen LogP contribution in [0.2, 0.25) is 0 Å². The topological polar surface area (TPSA) is 15.3 Å². The fourth-order valence-corrected chi connectivity index (χ4v) is 3.96. The molecule has 0 aromatic heterocycles. The Kier molecular flexibility index (Phi) is 6.25. The molecule has 1 N–H and O–H groups in total. The summed E-state index contributed by atoms with van der Waals surface area (Å²) < 4.78 is 0. The zero-order valence-corrected chi connectivity index (χ0v) is 14.2. The van der Waals surface area contributed by atoms with E-state index in [1.165, 1.54) is 31.2 Å². The van der Waals surface area contributed by atoms with E-state index in [2.05, 4.69) is 68.4 Å². The molecule has 0 saturated heterocycles. The van der Waals surface area contributed by atoms with Gasteiger partial charge in [0, 0.05) is 18.1 Å². The quantitative estimate of drug-likeness (QED) is 0.807. The Hall–Kier alpha value is -0.860. The van der Waals surface area contributed by atoms with Gasteiger partial charge in [0.1, 0.15) is 0 Å². The van der Waals surface area contributed by atoms with Crippen LogP contribution in [0.3, 0.4) is 0 Å². The van der Waals surface area contributed by atoms with Crippen molar-refractivity contribution in [3.05, 3.63) is 35.9 Å². The predicted molar refractivity (Wildman–Crippen MR) is 91.5 cm³/mol. The van der Waals surface area contributed by atoms with Gasteiger partial charge in [-0.1, -0.05) is 63.9 Å². The van der Waals surface area contributed by atoms with E-state index >= 15 is 0 Å². The molecule has 2 unspecified atom stereocenters. The molecule has 0 amide bonds. The van der Waals surface area contributed by atoms with Crippen LogP contribution in [-0.4, -0.2) is 30.6 Å². The van der Waals surface area contributed by atoms with Crippen molar-refractivity contribution in [3.63, 3.8) is 0 Å². The number of nitrogens with one attached hydrogen (secondary N) is 1. The summed E-state index contributed by atoms with van der Waals surface area (Å²) in [5, 5.41) is 3.74. The summed E-state index contributed by atoms with van der Waals surface area (Å²) in [6, 6.07) is 12.7. The minimum Gasteiger partial charge on any atom is -0.309 e. The number of hydrogen-bond acceptors (Lipinski definition) is 2. The average Bonchev–Trinajstić information content (AvgIpc) is 3.01. The molecule has 2 atom stereocenters. The van der Waals surface area contributed by atoms with Crippen LogP contribution in [0.15, 0.2) is 30.3 Å². The summed E-state index contributed by atoms with van der Waals surface area (Å²) in [5.41, 5.74) is 1.42. The molecule has 0 heterocycles. The Morgan fingerprint density at radius 2 is 1.76 bits per heavy atom. The summed E-state index contributed by atoms with van der Waals surface area (Å²) in [4.78, 5) is 2.66. The minimum absolute atomic E-state index is 0.418. The lowest BCUT2D eigenvalue weighted by molar-refractivity contribution is 0.103. The van der Waals surface area contributed by atoms with Crippen LogP contribution in [0.4, 0.5) is 0 Å². The molecule has 118 valence electrons. The third-order valence-electron chi connectivity index (χ3n) is 4.98. The first-order chi connectivity index (χ1) is 10.1. The molecular weight excluding hydrogens is 256 g/mol. The van der Waals surface area contributed by atoms with Gasteiger partial charge in [-0.05, 0) is 37.9 Å². The smallest absolute Gasteiger partial charge is 0.0480 e. The Bertz CT molecular complexity index is 395. The molecule has 0 spiro atoms. The van der Waals surface area contributed by atoms with Gasteiger partial charge in [-0.3, -0.25) is 4.90 Å². The molecule has 21 heavy (non-hydrogen) atoms. The van der Waals surface area contributed by atoms with Crippen molar-refractivity contribution in [1.82, 2.24) is 10.2 Å². The first kappa shape index (κ1) is 16.5. The highest BCUT2D eigenvalue weighted by atomic mass is 15.2. The lowest BCUT2D eigenvalue weighted by Crippen LogP contribution is -2.49. The molecule has 1 fully saturated rings. The van der Waals surface area contributed by atoms with Gasteiger partial charge in [0.15, 0.2) is 0 Å². The molecule has 2 heteroatoms. The van der Waals surface area contributed by atoms with E-state index in [0.29, 0.717) is 18.0 Å². The number of benzene rings is 1. The van der Waals surface area contributed by atoms with Crippen LogP contribution in [0.25, 0.3) is 0 Å². The summed E-state index contributed by atoms with van der Waals surface area (Å²) >= 11 is 0. The Labute approximate surface area is 130 Å². The Morgan fingerprint density at radius 3 is 2.29 bits per heavy atom. The Balaban J connectivity index is 2.23. The standard InChI is InChI=1S/C19H32N2/c1-5-20-18(16-11-7-6-8-12-16)19(15(2)3)21(4)17-13-9-10-14-17/h6-8,11-12,15,17-20H,5,9-10,13-14H2,1-4H3. The number of hydrogen-bond donors (Lipinski definition) is 1. The van der Waals surface area contributed by atoms with Gasteiger partial charge >= 0.3 is 0 Å². The van der Waals surface area contributed by atoms with Crippen molar-refractivity contribution >= 4 is 0 Å². The maximum absolute atomic E-state index is 3.74.